The van der Waals surface area contributed by atoms with Crippen molar-refractivity contribution in [3.05, 3.63) is 169 Å². The lowest BCUT2D eigenvalue weighted by molar-refractivity contribution is 0.101. The fourth-order valence-electron chi connectivity index (χ4n) is 6.67. The molecular weight excluding hydrogens is 866 g/mol. The van der Waals surface area contributed by atoms with Crippen LogP contribution in [0.4, 0.5) is 34.9 Å². The van der Waals surface area contributed by atoms with Gasteiger partial charge in [0.1, 0.15) is 23.3 Å². The maximum absolute atomic E-state index is 14.6. The fourth-order valence-corrected chi connectivity index (χ4v) is 7.22. The van der Waals surface area contributed by atoms with Gasteiger partial charge in [-0.1, -0.05) is 23.2 Å². The van der Waals surface area contributed by atoms with Crippen LogP contribution in [0.5, 0.6) is 0 Å². The molecule has 6 aromatic rings. The first-order chi connectivity index (χ1) is 28.2. The van der Waals surface area contributed by atoms with Gasteiger partial charge in [-0.3, -0.25) is 9.59 Å². The van der Waals surface area contributed by atoms with Gasteiger partial charge in [0.2, 0.25) is 11.2 Å². The summed E-state index contributed by atoms with van der Waals surface area (Å²) < 4.78 is 54.9. The lowest BCUT2D eigenvalue weighted by Gasteiger charge is -2.16. The first-order valence-corrected chi connectivity index (χ1v) is 19.2. The minimum atomic E-state index is -0.570. The van der Waals surface area contributed by atoms with Crippen LogP contribution in [0.3, 0.4) is 0 Å². The van der Waals surface area contributed by atoms with Gasteiger partial charge >= 0.3 is 0 Å². The Morgan fingerprint density at radius 2 is 1.13 bits per heavy atom. The highest BCUT2D eigenvalue weighted by Crippen LogP contribution is 2.38. The van der Waals surface area contributed by atoms with Gasteiger partial charge in [-0.05, 0) is 135 Å². The summed E-state index contributed by atoms with van der Waals surface area (Å²) in [6.07, 6.45) is 5.57. The molecule has 0 radical (unpaired) electrons. The Kier molecular flexibility index (Phi) is 15.4. The van der Waals surface area contributed by atoms with Crippen LogP contribution in [-0.2, 0) is 12.8 Å². The van der Waals surface area contributed by atoms with Crippen molar-refractivity contribution in [3.8, 4) is 0 Å². The van der Waals surface area contributed by atoms with Crippen LogP contribution in [0, 0.1) is 37.1 Å². The number of nitrogens with zero attached hydrogens (tertiary/aromatic N) is 4. The molecule has 2 aliphatic rings. The monoisotopic (exact) mass is 900 g/mol. The number of hydrogen-bond acceptors (Lipinski definition) is 8. The molecule has 4 aromatic carbocycles. The van der Waals surface area contributed by atoms with E-state index in [2.05, 4.69) is 35.9 Å². The third kappa shape index (κ3) is 11.1. The number of benzene rings is 4. The lowest BCUT2D eigenvalue weighted by Crippen LogP contribution is -2.16. The second kappa shape index (κ2) is 20.3. The number of fused-ring (bicyclic) bond motifs is 2. The van der Waals surface area contributed by atoms with Crippen molar-refractivity contribution in [1.82, 2.24) is 19.9 Å². The fraction of sp³-hybridized carbons (Fsp3) is 0.190. The van der Waals surface area contributed by atoms with Crippen molar-refractivity contribution in [3.63, 3.8) is 0 Å². The quantitative estimate of drug-likeness (QED) is 0.0954. The lowest BCUT2D eigenvalue weighted by atomic mass is 10.0. The molecule has 2 aliphatic carbocycles. The first-order valence-electron chi connectivity index (χ1n) is 18.1. The molecule has 0 bridgehead atoms. The summed E-state index contributed by atoms with van der Waals surface area (Å²) in [5.74, 6) is -2.29. The van der Waals surface area contributed by atoms with E-state index in [9.17, 15) is 27.2 Å². The Bertz CT molecular complexity index is 2530. The van der Waals surface area contributed by atoms with Crippen molar-refractivity contribution in [2.75, 3.05) is 16.0 Å². The van der Waals surface area contributed by atoms with Crippen molar-refractivity contribution in [2.45, 2.75) is 51.6 Å². The summed E-state index contributed by atoms with van der Waals surface area (Å²) in [5.41, 5.74) is 11.2. The van der Waals surface area contributed by atoms with Gasteiger partial charge in [-0.15, -0.1) is 12.4 Å². The molecule has 8 rings (SSSR count). The average Bonchev–Trinajstić information content (AvgIpc) is 3.80. The predicted octanol–water partition coefficient (Wildman–Crippen LogP) is 10.7. The molecule has 5 N–H and O–H groups in total. The van der Waals surface area contributed by atoms with Gasteiger partial charge in [0, 0.05) is 63.5 Å². The van der Waals surface area contributed by atoms with Crippen molar-refractivity contribution < 1.29 is 27.2 Å². The number of hydrogen-bond donors (Lipinski definition) is 4. The Morgan fingerprint density at radius 1 is 0.650 bits per heavy atom. The van der Waals surface area contributed by atoms with E-state index < -0.39 is 23.4 Å². The maximum atomic E-state index is 14.6. The molecule has 0 spiro atoms. The topological polar surface area (TPSA) is 148 Å². The van der Waals surface area contributed by atoms with Crippen molar-refractivity contribution in [2.24, 2.45) is 5.73 Å². The number of carbonyl (C=O) groups is 2. The summed E-state index contributed by atoms with van der Waals surface area (Å²) in [7, 11) is 0. The van der Waals surface area contributed by atoms with E-state index in [-0.39, 0.29) is 46.2 Å². The molecule has 18 heteroatoms. The SMILES string of the molecule is Cc1ccnc(Cl)n1.Cc1ccnc(N[C@H]2CCc3c(C(=O)Nc4ccc(F)c(Cl)c4)ccc(F)c32)n1.Cl.N[C@H]1CCc2c(C(=O)Nc3ccc(F)c(Cl)c3)ccc(F)c21. The van der Waals surface area contributed by atoms with Crippen LogP contribution in [0.1, 0.15) is 79.3 Å². The number of anilines is 3. The highest BCUT2D eigenvalue weighted by atomic mass is 35.5. The van der Waals surface area contributed by atoms with Gasteiger partial charge in [0.25, 0.3) is 11.8 Å². The molecule has 0 saturated carbocycles. The number of amides is 2. The standard InChI is InChI=1S/C21H17ClF2N4O.C16H13ClF2N2O.C5H5ClN2.ClH/c1-11-8-9-25-21(26-11)28-18-7-4-13-14(3-6-17(24)19(13)18)20(29)27-12-2-5-16(23)15(22)10-12;17-11-7-8(1-4-12(11)18)21-16(22)10-2-5-13(19)15-9(10)3-6-14(15)20;1-4-2-3-7-5(6)8-4;/h2-3,5-6,8-10,18H,4,7H2,1H3,(H,27,29)(H,25,26,28);1-2,4-5,7,14H,3,6,20H2,(H,21,22);2-3H,1H3;1H/t18-;14-;;/m00../s1. The summed E-state index contributed by atoms with van der Waals surface area (Å²) in [5, 5.41) is 8.62. The van der Waals surface area contributed by atoms with Crippen LogP contribution < -0.4 is 21.7 Å². The predicted molar refractivity (Wildman–Crippen MR) is 227 cm³/mol. The molecule has 2 heterocycles. The number of nitrogens with two attached hydrogens (primary N) is 1. The highest BCUT2D eigenvalue weighted by molar-refractivity contribution is 6.31. The normalized spacial score (nSPS) is 14.6. The zero-order chi connectivity index (χ0) is 42.4. The van der Waals surface area contributed by atoms with Crippen molar-refractivity contribution in [1.29, 1.82) is 0 Å². The van der Waals surface area contributed by atoms with Crippen LogP contribution in [-0.4, -0.2) is 31.8 Å². The van der Waals surface area contributed by atoms with Crippen LogP contribution in [0.25, 0.3) is 0 Å². The van der Waals surface area contributed by atoms with Crippen LogP contribution in [0.2, 0.25) is 15.3 Å². The third-order valence-electron chi connectivity index (χ3n) is 9.42. The van der Waals surface area contributed by atoms with Gasteiger partial charge in [-0.2, -0.15) is 0 Å². The molecule has 0 saturated heterocycles. The second-order valence-electron chi connectivity index (χ2n) is 13.5. The van der Waals surface area contributed by atoms with E-state index in [1.807, 2.05) is 13.8 Å². The van der Waals surface area contributed by atoms with Crippen molar-refractivity contribution >= 4 is 76.3 Å². The van der Waals surface area contributed by atoms with Gasteiger partial charge in [0.15, 0.2) is 0 Å². The molecule has 312 valence electrons. The molecule has 10 nitrogen and oxygen atoms in total. The number of nitrogens with one attached hydrogen (secondary N) is 3. The average molecular weight is 903 g/mol. The van der Waals surface area contributed by atoms with Crippen LogP contribution >= 0.6 is 47.2 Å². The maximum Gasteiger partial charge on any atom is 0.255 e. The Morgan fingerprint density at radius 3 is 1.63 bits per heavy atom. The van der Waals surface area contributed by atoms with Gasteiger partial charge in [0.05, 0.1) is 16.1 Å². The Balaban J connectivity index is 0.000000194. The Hall–Kier alpha value is -5.38. The summed E-state index contributed by atoms with van der Waals surface area (Å²) in [6.45, 7) is 3.72. The summed E-state index contributed by atoms with van der Waals surface area (Å²) >= 11 is 16.9. The molecule has 2 amide bonds. The summed E-state index contributed by atoms with van der Waals surface area (Å²) in [4.78, 5) is 41.1. The number of halogens is 8. The summed E-state index contributed by atoms with van der Waals surface area (Å²) in [6, 6.07) is 16.1. The molecule has 2 aromatic heterocycles. The number of aromatic nitrogens is 4. The zero-order valence-corrected chi connectivity index (χ0v) is 34.9. The number of carbonyl (C=O) groups excluding carboxylic acids is 2. The molecule has 2 atom stereocenters. The van der Waals surface area contributed by atoms with E-state index in [0.29, 0.717) is 81.7 Å². The van der Waals surface area contributed by atoms with Crippen LogP contribution in [0.15, 0.2) is 85.2 Å². The smallest absolute Gasteiger partial charge is 0.255 e. The minimum Gasteiger partial charge on any atom is -0.347 e. The molecule has 0 fully saturated rings. The molecular formula is C42H36Cl4F4N8O2. The Labute approximate surface area is 363 Å². The van der Waals surface area contributed by atoms with E-state index in [4.69, 9.17) is 40.5 Å². The zero-order valence-electron chi connectivity index (χ0n) is 31.8. The van der Waals surface area contributed by atoms with Gasteiger partial charge < -0.3 is 21.7 Å². The molecule has 60 heavy (non-hydrogen) atoms. The number of aryl methyl sites for hydroxylation is 2. The molecule has 0 unspecified atom stereocenters. The first kappa shape index (κ1) is 45.7. The van der Waals surface area contributed by atoms with Gasteiger partial charge in [-0.25, -0.2) is 37.5 Å². The molecule has 0 aliphatic heterocycles. The number of rotatable bonds is 6. The second-order valence-corrected chi connectivity index (χ2v) is 14.7. The van der Waals surface area contributed by atoms with E-state index in [1.165, 1.54) is 60.7 Å². The van der Waals surface area contributed by atoms with E-state index >= 15 is 0 Å². The largest absolute Gasteiger partial charge is 0.347 e. The minimum absolute atomic E-state index is 0. The third-order valence-corrected chi connectivity index (χ3v) is 10.2. The van der Waals surface area contributed by atoms with E-state index in [1.54, 1.807) is 24.5 Å². The highest BCUT2D eigenvalue weighted by Gasteiger charge is 2.31. The van der Waals surface area contributed by atoms with E-state index in [0.717, 1.165) is 11.4 Å².